The van der Waals surface area contributed by atoms with Gasteiger partial charge in [-0.25, -0.2) is 0 Å². The summed E-state index contributed by atoms with van der Waals surface area (Å²) in [5, 5.41) is 11.8. The fourth-order valence-corrected chi connectivity index (χ4v) is 3.93. The number of hydrogen-bond acceptors (Lipinski definition) is 6. The third-order valence-electron chi connectivity index (χ3n) is 4.72. The zero-order valence-corrected chi connectivity index (χ0v) is 18.9. The van der Waals surface area contributed by atoms with Crippen LogP contribution in [-0.2, 0) is 11.3 Å². The van der Waals surface area contributed by atoms with Gasteiger partial charge in [0.25, 0.3) is 0 Å². The number of pyridine rings is 1. The normalized spacial score (nSPS) is 11.5. The maximum absolute atomic E-state index is 12.8. The number of nitrogens with one attached hydrogen (secondary N) is 1. The Kier molecular flexibility index (Phi) is 7.16. The van der Waals surface area contributed by atoms with Crippen molar-refractivity contribution >= 4 is 23.4 Å². The van der Waals surface area contributed by atoms with E-state index in [0.29, 0.717) is 29.0 Å². The fourth-order valence-electron chi connectivity index (χ4n) is 3.07. The van der Waals surface area contributed by atoms with Crippen LogP contribution < -0.4 is 10.1 Å². The molecule has 4 rings (SSSR count). The van der Waals surface area contributed by atoms with E-state index in [1.165, 1.54) is 11.8 Å². The van der Waals surface area contributed by atoms with Crippen molar-refractivity contribution in [2.75, 3.05) is 5.32 Å². The largest absolute Gasteiger partial charge is 0.457 e. The van der Waals surface area contributed by atoms with Crippen molar-refractivity contribution in [3.63, 3.8) is 0 Å². The van der Waals surface area contributed by atoms with E-state index in [1.54, 1.807) is 18.5 Å². The Morgan fingerprint density at radius 2 is 1.76 bits per heavy atom. The predicted octanol–water partition coefficient (Wildman–Crippen LogP) is 5.44. The lowest BCUT2D eigenvalue weighted by atomic mass is 10.2. The van der Waals surface area contributed by atoms with Gasteiger partial charge in [-0.2, -0.15) is 0 Å². The van der Waals surface area contributed by atoms with E-state index in [-0.39, 0.29) is 11.2 Å². The van der Waals surface area contributed by atoms with Gasteiger partial charge in [-0.3, -0.25) is 14.3 Å². The third kappa shape index (κ3) is 5.67. The Hall–Kier alpha value is -3.91. The molecule has 1 N–H and O–H groups in total. The number of allylic oxidation sites excluding steroid dienone is 1. The monoisotopic (exact) mass is 457 g/mol. The van der Waals surface area contributed by atoms with Gasteiger partial charge in [0, 0.05) is 30.2 Å². The lowest BCUT2D eigenvalue weighted by Gasteiger charge is -2.13. The third-order valence-corrected chi connectivity index (χ3v) is 5.80. The zero-order chi connectivity index (χ0) is 23.0. The van der Waals surface area contributed by atoms with Crippen LogP contribution in [0.4, 0.5) is 5.69 Å². The SMILES string of the molecule is C=CCn1c(SC(C)C(=O)Nc2ccc(Oc3ccccc3)cc2)nnc1-c1ccncc1. The lowest BCUT2D eigenvalue weighted by molar-refractivity contribution is -0.115. The quantitative estimate of drug-likeness (QED) is 0.266. The maximum Gasteiger partial charge on any atom is 0.237 e. The number of carbonyl (C=O) groups is 1. The van der Waals surface area contributed by atoms with Crippen molar-refractivity contribution < 1.29 is 9.53 Å². The van der Waals surface area contributed by atoms with Crippen molar-refractivity contribution in [1.29, 1.82) is 0 Å². The van der Waals surface area contributed by atoms with Gasteiger partial charge in [0.1, 0.15) is 11.5 Å². The number of anilines is 1. The smallest absolute Gasteiger partial charge is 0.237 e. The number of aromatic nitrogens is 4. The van der Waals surface area contributed by atoms with Gasteiger partial charge < -0.3 is 10.1 Å². The molecule has 1 unspecified atom stereocenters. The number of ether oxygens (including phenoxy) is 1. The van der Waals surface area contributed by atoms with E-state index in [9.17, 15) is 4.79 Å². The van der Waals surface area contributed by atoms with Gasteiger partial charge >= 0.3 is 0 Å². The maximum atomic E-state index is 12.8. The molecule has 0 aliphatic heterocycles. The number of para-hydroxylation sites is 1. The number of thioether (sulfide) groups is 1. The molecular weight excluding hydrogens is 434 g/mol. The highest BCUT2D eigenvalue weighted by Gasteiger charge is 2.20. The van der Waals surface area contributed by atoms with Crippen LogP contribution >= 0.6 is 11.8 Å². The van der Waals surface area contributed by atoms with Crippen LogP contribution in [0, 0.1) is 0 Å². The van der Waals surface area contributed by atoms with Gasteiger partial charge in [0.15, 0.2) is 11.0 Å². The summed E-state index contributed by atoms with van der Waals surface area (Å²) in [7, 11) is 0. The number of hydrogen-bond donors (Lipinski definition) is 1. The van der Waals surface area contributed by atoms with Crippen molar-refractivity contribution in [3.8, 4) is 22.9 Å². The molecule has 2 aromatic carbocycles. The van der Waals surface area contributed by atoms with Crippen molar-refractivity contribution in [2.24, 2.45) is 0 Å². The molecule has 0 aliphatic rings. The predicted molar refractivity (Wildman–Crippen MR) is 130 cm³/mol. The van der Waals surface area contributed by atoms with E-state index >= 15 is 0 Å². The average molecular weight is 458 g/mol. The molecule has 0 saturated carbocycles. The number of nitrogens with zero attached hydrogens (tertiary/aromatic N) is 4. The van der Waals surface area contributed by atoms with E-state index in [1.807, 2.05) is 78.2 Å². The molecule has 2 aromatic heterocycles. The minimum atomic E-state index is -0.386. The number of amides is 1. The summed E-state index contributed by atoms with van der Waals surface area (Å²) in [6.07, 6.45) is 5.20. The van der Waals surface area contributed by atoms with Gasteiger partial charge in [0.2, 0.25) is 5.91 Å². The zero-order valence-electron chi connectivity index (χ0n) is 18.1. The van der Waals surface area contributed by atoms with Crippen LogP contribution in [-0.4, -0.2) is 30.9 Å². The van der Waals surface area contributed by atoms with Crippen LogP contribution in [0.15, 0.2) is 96.9 Å². The summed E-state index contributed by atoms with van der Waals surface area (Å²) >= 11 is 1.35. The van der Waals surface area contributed by atoms with Crippen LogP contribution in [0.5, 0.6) is 11.5 Å². The van der Waals surface area contributed by atoms with Crippen molar-refractivity contribution in [1.82, 2.24) is 19.7 Å². The Bertz CT molecular complexity index is 1210. The Labute approximate surface area is 196 Å². The highest BCUT2D eigenvalue weighted by atomic mass is 32.2. The molecule has 8 heteroatoms. The molecular formula is C25H23N5O2S. The first kappa shape index (κ1) is 22.3. The Morgan fingerprint density at radius 3 is 2.45 bits per heavy atom. The second-order valence-corrected chi connectivity index (χ2v) is 8.44. The molecule has 4 aromatic rings. The molecule has 0 fully saturated rings. The number of benzene rings is 2. The van der Waals surface area contributed by atoms with E-state index in [4.69, 9.17) is 4.74 Å². The number of rotatable bonds is 9. The van der Waals surface area contributed by atoms with E-state index < -0.39 is 0 Å². The lowest BCUT2D eigenvalue weighted by Crippen LogP contribution is -2.23. The molecule has 166 valence electrons. The second kappa shape index (κ2) is 10.6. The van der Waals surface area contributed by atoms with Crippen LogP contribution in [0.25, 0.3) is 11.4 Å². The molecule has 2 heterocycles. The summed E-state index contributed by atoms with van der Waals surface area (Å²) in [6.45, 7) is 6.20. The molecule has 0 aliphatic carbocycles. The molecule has 0 bridgehead atoms. The highest BCUT2D eigenvalue weighted by Crippen LogP contribution is 2.28. The topological polar surface area (TPSA) is 81.9 Å². The first-order chi connectivity index (χ1) is 16.1. The van der Waals surface area contributed by atoms with Crippen molar-refractivity contribution in [3.05, 3.63) is 91.8 Å². The molecule has 7 nitrogen and oxygen atoms in total. The fraction of sp³-hybridized carbons (Fsp3) is 0.120. The molecule has 33 heavy (non-hydrogen) atoms. The van der Waals surface area contributed by atoms with Gasteiger partial charge in [0.05, 0.1) is 5.25 Å². The minimum Gasteiger partial charge on any atom is -0.457 e. The van der Waals surface area contributed by atoms with Gasteiger partial charge in [-0.15, -0.1) is 16.8 Å². The molecule has 1 amide bonds. The summed E-state index contributed by atoms with van der Waals surface area (Å²) in [5.74, 6) is 2.04. The van der Waals surface area contributed by atoms with Crippen molar-refractivity contribution in [2.45, 2.75) is 23.9 Å². The summed E-state index contributed by atoms with van der Waals surface area (Å²) < 4.78 is 7.73. The minimum absolute atomic E-state index is 0.129. The molecule has 0 radical (unpaired) electrons. The standard InChI is InChI=1S/C25H23N5O2S/c1-3-17-30-23(19-13-15-26-16-14-19)28-29-25(30)33-18(2)24(31)27-20-9-11-22(12-10-20)32-21-7-5-4-6-8-21/h3-16,18H,1,17H2,2H3,(H,27,31). The van der Waals surface area contributed by atoms with E-state index in [2.05, 4.69) is 27.1 Å². The van der Waals surface area contributed by atoms with Crippen LogP contribution in [0.3, 0.4) is 0 Å². The first-order valence-corrected chi connectivity index (χ1v) is 11.3. The summed E-state index contributed by atoms with van der Waals surface area (Å²) in [6, 6.07) is 20.6. The van der Waals surface area contributed by atoms with E-state index in [0.717, 1.165) is 11.3 Å². The summed E-state index contributed by atoms with van der Waals surface area (Å²) in [4.78, 5) is 16.8. The Balaban J connectivity index is 1.41. The number of carbonyl (C=O) groups excluding carboxylic acids is 1. The highest BCUT2D eigenvalue weighted by molar-refractivity contribution is 8.00. The van der Waals surface area contributed by atoms with Gasteiger partial charge in [-0.05, 0) is 55.5 Å². The molecule has 1 atom stereocenters. The van der Waals surface area contributed by atoms with Crippen LogP contribution in [0.2, 0.25) is 0 Å². The van der Waals surface area contributed by atoms with Gasteiger partial charge in [-0.1, -0.05) is 36.0 Å². The average Bonchev–Trinajstić information content (AvgIpc) is 3.24. The summed E-state index contributed by atoms with van der Waals surface area (Å²) in [5.41, 5.74) is 1.60. The first-order valence-electron chi connectivity index (χ1n) is 10.4. The Morgan fingerprint density at radius 1 is 1.06 bits per heavy atom. The molecule has 0 saturated heterocycles. The second-order valence-electron chi connectivity index (χ2n) is 7.13. The molecule has 0 spiro atoms. The van der Waals surface area contributed by atoms with Crippen LogP contribution in [0.1, 0.15) is 6.92 Å².